The van der Waals surface area contributed by atoms with Crippen LogP contribution in [0.4, 0.5) is 0 Å². The first-order valence-corrected chi connectivity index (χ1v) is 6.50. The molecule has 0 bridgehead atoms. The van der Waals surface area contributed by atoms with Gasteiger partial charge >= 0.3 is 5.97 Å². The Hall–Kier alpha value is -2.39. The fourth-order valence-corrected chi connectivity index (χ4v) is 1.80. The van der Waals surface area contributed by atoms with Gasteiger partial charge in [0.2, 0.25) is 0 Å². The topological polar surface area (TPSA) is 99.4 Å². The summed E-state index contributed by atoms with van der Waals surface area (Å²) in [7, 11) is 1.20. The van der Waals surface area contributed by atoms with Crippen LogP contribution in [0.2, 0.25) is 0 Å². The number of methoxy groups -OCH3 is 1. The molecule has 0 heterocycles. The van der Waals surface area contributed by atoms with Gasteiger partial charge in [-0.1, -0.05) is 30.3 Å². The summed E-state index contributed by atoms with van der Waals surface area (Å²) in [5.74, 6) is -1.78. The van der Waals surface area contributed by atoms with Crippen LogP contribution in [0, 0.1) is 17.2 Å². The van der Waals surface area contributed by atoms with E-state index in [1.54, 1.807) is 37.3 Å². The van der Waals surface area contributed by atoms with E-state index in [2.05, 4.69) is 10.1 Å². The van der Waals surface area contributed by atoms with Crippen molar-refractivity contribution in [1.29, 1.82) is 5.26 Å². The number of nitriles is 1. The van der Waals surface area contributed by atoms with Crippen LogP contribution in [0.25, 0.3) is 0 Å². The second kappa shape index (κ2) is 8.02. The molecule has 1 aromatic rings. The fraction of sp³-hybridized carbons (Fsp3) is 0.400. The molecule has 6 nitrogen and oxygen atoms in total. The predicted octanol–water partition coefficient (Wildman–Crippen LogP) is 0.928. The Bertz CT molecular complexity index is 524. The molecule has 0 unspecified atom stereocenters. The number of rotatable bonds is 6. The molecule has 1 amide bonds. The Balaban J connectivity index is 2.76. The number of aliphatic hydroxyl groups is 1. The third-order valence-corrected chi connectivity index (χ3v) is 2.98. The molecular formula is C15H18N2O4. The minimum absolute atomic E-state index is 0.121. The number of carbonyl (C=O) groups is 2. The van der Waals surface area contributed by atoms with Gasteiger partial charge in [0.1, 0.15) is 6.04 Å². The fourth-order valence-electron chi connectivity index (χ4n) is 1.80. The minimum atomic E-state index is -1.38. The molecule has 0 spiro atoms. The van der Waals surface area contributed by atoms with Crippen molar-refractivity contribution in [3.63, 3.8) is 0 Å². The number of ether oxygens (including phenoxy) is 1. The minimum Gasteiger partial charge on any atom is -0.467 e. The van der Waals surface area contributed by atoms with Crippen molar-refractivity contribution in [2.45, 2.75) is 25.5 Å². The van der Waals surface area contributed by atoms with Crippen molar-refractivity contribution in [3.8, 4) is 6.07 Å². The van der Waals surface area contributed by atoms with Crippen molar-refractivity contribution in [2.24, 2.45) is 5.92 Å². The summed E-state index contributed by atoms with van der Waals surface area (Å²) in [6, 6.07) is 9.39. The van der Waals surface area contributed by atoms with Crippen molar-refractivity contribution >= 4 is 11.9 Å². The quantitative estimate of drug-likeness (QED) is 0.759. The molecule has 1 rings (SSSR count). The molecule has 0 saturated carbocycles. The second-order valence-corrected chi connectivity index (χ2v) is 4.66. The van der Waals surface area contributed by atoms with Crippen LogP contribution in [-0.2, 0) is 14.3 Å². The van der Waals surface area contributed by atoms with E-state index in [0.717, 1.165) is 0 Å². The zero-order valence-electron chi connectivity index (χ0n) is 11.9. The van der Waals surface area contributed by atoms with Gasteiger partial charge in [-0.15, -0.1) is 0 Å². The average Bonchev–Trinajstić information content (AvgIpc) is 2.53. The van der Waals surface area contributed by atoms with E-state index in [9.17, 15) is 14.7 Å². The van der Waals surface area contributed by atoms with Crippen molar-refractivity contribution < 1.29 is 19.4 Å². The zero-order valence-corrected chi connectivity index (χ0v) is 11.9. The van der Waals surface area contributed by atoms with E-state index >= 15 is 0 Å². The third kappa shape index (κ3) is 4.89. The second-order valence-electron chi connectivity index (χ2n) is 4.66. The summed E-state index contributed by atoms with van der Waals surface area (Å²) in [6.45, 7) is 1.63. The maximum absolute atomic E-state index is 12.0. The Labute approximate surface area is 123 Å². The molecule has 3 atom stereocenters. The highest BCUT2D eigenvalue weighted by molar-refractivity contribution is 5.87. The van der Waals surface area contributed by atoms with E-state index in [0.29, 0.717) is 5.56 Å². The lowest BCUT2D eigenvalue weighted by Crippen LogP contribution is -2.44. The molecule has 1 aromatic carbocycles. The maximum atomic E-state index is 12.0. The normalized spacial score (nSPS) is 14.4. The number of carbonyl (C=O) groups excluding carboxylic acids is 2. The van der Waals surface area contributed by atoms with Gasteiger partial charge in [-0.2, -0.15) is 5.26 Å². The first-order valence-electron chi connectivity index (χ1n) is 6.50. The lowest BCUT2D eigenvalue weighted by molar-refractivity contribution is -0.146. The number of nitrogens with zero attached hydrogens (tertiary/aromatic N) is 1. The average molecular weight is 290 g/mol. The Morgan fingerprint density at radius 1 is 1.38 bits per heavy atom. The molecule has 0 radical (unpaired) electrons. The molecule has 0 saturated heterocycles. The number of hydrogen-bond donors (Lipinski definition) is 2. The predicted molar refractivity (Wildman–Crippen MR) is 74.7 cm³/mol. The summed E-state index contributed by atoms with van der Waals surface area (Å²) in [6.07, 6.45) is -1.26. The summed E-state index contributed by atoms with van der Waals surface area (Å²) < 4.78 is 4.60. The standard InChI is InChI=1S/C15H18N2O4/c1-10(9-16)8-12(15(20)21-2)17-14(19)13(18)11-6-4-3-5-7-11/h3-7,10,12-13,18H,8H2,1-2H3,(H,17,19)/t10-,12+,13-/m0/s1. The number of nitrogens with one attached hydrogen (secondary N) is 1. The first kappa shape index (κ1) is 16.7. The molecular weight excluding hydrogens is 272 g/mol. The number of amides is 1. The van der Waals surface area contributed by atoms with Gasteiger partial charge in [0.05, 0.1) is 13.2 Å². The summed E-state index contributed by atoms with van der Waals surface area (Å²) >= 11 is 0. The highest BCUT2D eigenvalue weighted by atomic mass is 16.5. The van der Waals surface area contributed by atoms with Crippen molar-refractivity contribution in [3.05, 3.63) is 35.9 Å². The Morgan fingerprint density at radius 3 is 2.52 bits per heavy atom. The van der Waals surface area contributed by atoms with Crippen LogP contribution >= 0.6 is 0 Å². The van der Waals surface area contributed by atoms with E-state index in [1.165, 1.54) is 7.11 Å². The molecule has 0 fully saturated rings. The number of hydrogen-bond acceptors (Lipinski definition) is 5. The zero-order chi connectivity index (χ0) is 15.8. The van der Waals surface area contributed by atoms with E-state index < -0.39 is 29.9 Å². The smallest absolute Gasteiger partial charge is 0.328 e. The summed E-state index contributed by atoms with van der Waals surface area (Å²) in [5.41, 5.74) is 0.423. The molecule has 2 N–H and O–H groups in total. The monoisotopic (exact) mass is 290 g/mol. The van der Waals surface area contributed by atoms with Crippen LogP contribution in [0.1, 0.15) is 25.0 Å². The molecule has 21 heavy (non-hydrogen) atoms. The molecule has 112 valence electrons. The van der Waals surface area contributed by atoms with Gasteiger partial charge in [-0.3, -0.25) is 4.79 Å². The van der Waals surface area contributed by atoms with Crippen LogP contribution in [0.15, 0.2) is 30.3 Å². The lowest BCUT2D eigenvalue weighted by Gasteiger charge is -2.19. The van der Waals surface area contributed by atoms with Crippen molar-refractivity contribution in [2.75, 3.05) is 7.11 Å². The number of benzene rings is 1. The Kier molecular flexibility index (Phi) is 6.37. The van der Waals surface area contributed by atoms with Gasteiger partial charge in [-0.05, 0) is 18.9 Å². The van der Waals surface area contributed by atoms with Crippen molar-refractivity contribution in [1.82, 2.24) is 5.32 Å². The van der Waals surface area contributed by atoms with Crippen LogP contribution < -0.4 is 5.32 Å². The van der Waals surface area contributed by atoms with Gasteiger partial charge in [0.25, 0.3) is 5.91 Å². The number of esters is 1. The molecule has 0 aliphatic rings. The summed E-state index contributed by atoms with van der Waals surface area (Å²) in [5, 5.41) is 21.2. The SMILES string of the molecule is COC(=O)[C@@H](C[C@H](C)C#N)NC(=O)[C@@H](O)c1ccccc1. The largest absolute Gasteiger partial charge is 0.467 e. The third-order valence-electron chi connectivity index (χ3n) is 2.98. The molecule has 0 aliphatic carbocycles. The van der Waals surface area contributed by atoms with Gasteiger partial charge < -0.3 is 15.2 Å². The van der Waals surface area contributed by atoms with E-state index in [4.69, 9.17) is 5.26 Å². The van der Waals surface area contributed by atoms with Gasteiger partial charge in [-0.25, -0.2) is 4.79 Å². The van der Waals surface area contributed by atoms with Crippen LogP contribution in [-0.4, -0.2) is 30.1 Å². The first-order chi connectivity index (χ1) is 9.99. The van der Waals surface area contributed by atoms with E-state index in [-0.39, 0.29) is 6.42 Å². The summed E-state index contributed by atoms with van der Waals surface area (Å²) in [4.78, 5) is 23.6. The number of aliphatic hydroxyl groups excluding tert-OH is 1. The highest BCUT2D eigenvalue weighted by Crippen LogP contribution is 2.14. The molecule has 0 aliphatic heterocycles. The van der Waals surface area contributed by atoms with Crippen LogP contribution in [0.5, 0.6) is 0 Å². The Morgan fingerprint density at radius 2 is 2.00 bits per heavy atom. The lowest BCUT2D eigenvalue weighted by atomic mass is 10.0. The van der Waals surface area contributed by atoms with E-state index in [1.807, 2.05) is 6.07 Å². The molecule has 6 heteroatoms. The maximum Gasteiger partial charge on any atom is 0.328 e. The highest BCUT2D eigenvalue weighted by Gasteiger charge is 2.27. The van der Waals surface area contributed by atoms with Crippen LogP contribution in [0.3, 0.4) is 0 Å². The van der Waals surface area contributed by atoms with Gasteiger partial charge in [0.15, 0.2) is 6.10 Å². The van der Waals surface area contributed by atoms with Gasteiger partial charge in [0, 0.05) is 5.92 Å². The molecule has 0 aromatic heterocycles.